The fourth-order valence-corrected chi connectivity index (χ4v) is 2.32. The van der Waals surface area contributed by atoms with E-state index in [-0.39, 0.29) is 24.0 Å². The fourth-order valence-electron chi connectivity index (χ4n) is 2.32. The molecule has 0 saturated heterocycles. The van der Waals surface area contributed by atoms with Gasteiger partial charge in [0, 0.05) is 0 Å². The molecular formula is C17H15F5. The zero-order valence-electron chi connectivity index (χ0n) is 12.0. The normalized spacial score (nSPS) is 11.0. The first-order chi connectivity index (χ1) is 10.4. The second kappa shape index (κ2) is 6.90. The van der Waals surface area contributed by atoms with E-state index in [2.05, 4.69) is 0 Å². The average molecular weight is 314 g/mol. The van der Waals surface area contributed by atoms with Gasteiger partial charge < -0.3 is 0 Å². The number of rotatable bonds is 5. The van der Waals surface area contributed by atoms with E-state index in [1.807, 2.05) is 6.92 Å². The molecule has 118 valence electrons. The zero-order chi connectivity index (χ0) is 16.3. The van der Waals surface area contributed by atoms with E-state index in [9.17, 15) is 22.0 Å². The SMILES string of the molecule is CCCc1ccc(CCc2cc(F)c(F)c(F)c2)c(F)c1F. The lowest BCUT2D eigenvalue weighted by Gasteiger charge is -2.08. The number of benzene rings is 2. The van der Waals surface area contributed by atoms with E-state index in [1.165, 1.54) is 12.1 Å². The molecule has 0 unspecified atom stereocenters. The van der Waals surface area contributed by atoms with Crippen LogP contribution in [0.25, 0.3) is 0 Å². The third-order valence-electron chi connectivity index (χ3n) is 3.49. The predicted octanol–water partition coefficient (Wildman–Crippen LogP) is 5.12. The van der Waals surface area contributed by atoms with Crippen molar-refractivity contribution < 1.29 is 22.0 Å². The molecule has 22 heavy (non-hydrogen) atoms. The molecule has 2 aromatic carbocycles. The van der Waals surface area contributed by atoms with Crippen LogP contribution in [0.5, 0.6) is 0 Å². The third-order valence-corrected chi connectivity index (χ3v) is 3.49. The van der Waals surface area contributed by atoms with Gasteiger partial charge in [0.05, 0.1) is 0 Å². The Labute approximate surface area is 125 Å². The Hall–Kier alpha value is -1.91. The standard InChI is InChI=1S/C17H15F5/c1-2-3-11-6-7-12(16(21)15(11)20)5-4-10-8-13(18)17(22)14(19)9-10/h6-9H,2-5H2,1H3. The van der Waals surface area contributed by atoms with Crippen molar-refractivity contribution in [2.24, 2.45) is 0 Å². The lowest BCUT2D eigenvalue weighted by Crippen LogP contribution is -2.02. The van der Waals surface area contributed by atoms with E-state index in [0.29, 0.717) is 18.4 Å². The minimum absolute atomic E-state index is 0.0691. The zero-order valence-corrected chi connectivity index (χ0v) is 12.0. The quantitative estimate of drug-likeness (QED) is 0.531. The fraction of sp³-hybridized carbons (Fsp3) is 0.294. The van der Waals surface area contributed by atoms with Crippen molar-refractivity contribution in [1.82, 2.24) is 0 Å². The van der Waals surface area contributed by atoms with Crippen molar-refractivity contribution in [3.63, 3.8) is 0 Å². The van der Waals surface area contributed by atoms with Crippen molar-refractivity contribution in [2.45, 2.75) is 32.6 Å². The van der Waals surface area contributed by atoms with E-state index < -0.39 is 29.1 Å². The molecule has 0 amide bonds. The predicted molar refractivity (Wildman–Crippen MR) is 74.1 cm³/mol. The molecule has 0 aliphatic carbocycles. The topological polar surface area (TPSA) is 0 Å². The summed E-state index contributed by atoms with van der Waals surface area (Å²) in [7, 11) is 0. The highest BCUT2D eigenvalue weighted by Gasteiger charge is 2.14. The van der Waals surface area contributed by atoms with Crippen LogP contribution >= 0.6 is 0 Å². The molecule has 0 spiro atoms. The number of hydrogen-bond acceptors (Lipinski definition) is 0. The van der Waals surface area contributed by atoms with Crippen LogP contribution in [-0.4, -0.2) is 0 Å². The first-order valence-corrected chi connectivity index (χ1v) is 7.03. The summed E-state index contributed by atoms with van der Waals surface area (Å²) < 4.78 is 66.8. The molecule has 0 atom stereocenters. The van der Waals surface area contributed by atoms with Crippen LogP contribution in [0.2, 0.25) is 0 Å². The molecule has 2 aromatic rings. The first-order valence-electron chi connectivity index (χ1n) is 7.03. The van der Waals surface area contributed by atoms with Gasteiger partial charge in [0.25, 0.3) is 0 Å². The monoisotopic (exact) mass is 314 g/mol. The number of hydrogen-bond donors (Lipinski definition) is 0. The summed E-state index contributed by atoms with van der Waals surface area (Å²) in [5, 5.41) is 0. The molecule has 0 aromatic heterocycles. The third kappa shape index (κ3) is 3.46. The highest BCUT2D eigenvalue weighted by atomic mass is 19.2. The molecule has 0 bridgehead atoms. The molecule has 0 nitrogen and oxygen atoms in total. The summed E-state index contributed by atoms with van der Waals surface area (Å²) in [6.45, 7) is 1.86. The van der Waals surface area contributed by atoms with E-state index >= 15 is 0 Å². The molecule has 0 aliphatic heterocycles. The summed E-state index contributed by atoms with van der Waals surface area (Å²) in [4.78, 5) is 0. The molecule has 0 fully saturated rings. The number of halogens is 5. The van der Waals surface area contributed by atoms with Crippen LogP contribution in [0.15, 0.2) is 24.3 Å². The molecule has 5 heteroatoms. The molecule has 0 radical (unpaired) electrons. The lowest BCUT2D eigenvalue weighted by atomic mass is 10.0. The average Bonchev–Trinajstić information content (AvgIpc) is 2.49. The Morgan fingerprint density at radius 1 is 0.682 bits per heavy atom. The smallest absolute Gasteiger partial charge is 0.194 e. The van der Waals surface area contributed by atoms with Crippen LogP contribution in [0.3, 0.4) is 0 Å². The highest BCUT2D eigenvalue weighted by Crippen LogP contribution is 2.20. The summed E-state index contributed by atoms with van der Waals surface area (Å²) in [5.74, 6) is -5.94. The maximum Gasteiger partial charge on any atom is 0.194 e. The Morgan fingerprint density at radius 2 is 1.18 bits per heavy atom. The number of aryl methyl sites for hydroxylation is 3. The van der Waals surface area contributed by atoms with Gasteiger partial charge >= 0.3 is 0 Å². The summed E-state index contributed by atoms with van der Waals surface area (Å²) in [6, 6.07) is 4.71. The van der Waals surface area contributed by atoms with Crippen molar-refractivity contribution in [3.8, 4) is 0 Å². The maximum atomic E-state index is 13.9. The van der Waals surface area contributed by atoms with Crippen LogP contribution in [0, 0.1) is 29.1 Å². The molecule has 0 aliphatic rings. The second-order valence-electron chi connectivity index (χ2n) is 5.14. The van der Waals surface area contributed by atoms with Gasteiger partial charge in [-0.1, -0.05) is 25.5 Å². The van der Waals surface area contributed by atoms with Gasteiger partial charge in [-0.05, 0) is 48.1 Å². The van der Waals surface area contributed by atoms with Gasteiger partial charge in [-0.25, -0.2) is 22.0 Å². The molecule has 0 heterocycles. The van der Waals surface area contributed by atoms with Crippen molar-refractivity contribution in [1.29, 1.82) is 0 Å². The minimum Gasteiger partial charge on any atom is -0.204 e. The van der Waals surface area contributed by atoms with Gasteiger partial charge in [0.2, 0.25) is 0 Å². The van der Waals surface area contributed by atoms with Gasteiger partial charge in [0.1, 0.15) is 0 Å². The first kappa shape index (κ1) is 16.5. The summed E-state index contributed by atoms with van der Waals surface area (Å²) >= 11 is 0. The van der Waals surface area contributed by atoms with Gasteiger partial charge in [-0.2, -0.15) is 0 Å². The van der Waals surface area contributed by atoms with Crippen LogP contribution in [0.1, 0.15) is 30.0 Å². The Morgan fingerprint density at radius 3 is 1.68 bits per heavy atom. The Bertz CT molecular complexity index is 656. The molecule has 2 rings (SSSR count). The molecule has 0 N–H and O–H groups in total. The molecule has 0 saturated carbocycles. The van der Waals surface area contributed by atoms with Gasteiger partial charge in [-0.15, -0.1) is 0 Å². The van der Waals surface area contributed by atoms with Crippen molar-refractivity contribution in [2.75, 3.05) is 0 Å². The summed E-state index contributed by atoms with van der Waals surface area (Å²) in [5.41, 5.74) is 0.624. The van der Waals surface area contributed by atoms with E-state index in [1.54, 1.807) is 0 Å². The Balaban J connectivity index is 2.17. The highest BCUT2D eigenvalue weighted by molar-refractivity contribution is 5.28. The van der Waals surface area contributed by atoms with Gasteiger partial charge in [0.15, 0.2) is 29.1 Å². The van der Waals surface area contributed by atoms with E-state index in [0.717, 1.165) is 12.1 Å². The molecular weight excluding hydrogens is 299 g/mol. The van der Waals surface area contributed by atoms with Crippen LogP contribution in [-0.2, 0) is 19.3 Å². The largest absolute Gasteiger partial charge is 0.204 e. The van der Waals surface area contributed by atoms with Crippen molar-refractivity contribution >= 4 is 0 Å². The van der Waals surface area contributed by atoms with E-state index in [4.69, 9.17) is 0 Å². The maximum absolute atomic E-state index is 13.9. The summed E-state index contributed by atoms with van der Waals surface area (Å²) in [6.07, 6.45) is 1.29. The van der Waals surface area contributed by atoms with Crippen LogP contribution < -0.4 is 0 Å². The van der Waals surface area contributed by atoms with Gasteiger partial charge in [-0.3, -0.25) is 0 Å². The Kier molecular flexibility index (Phi) is 5.16. The minimum atomic E-state index is -1.54. The lowest BCUT2D eigenvalue weighted by molar-refractivity contribution is 0.445. The second-order valence-corrected chi connectivity index (χ2v) is 5.14. The van der Waals surface area contributed by atoms with Crippen molar-refractivity contribution in [3.05, 3.63) is 70.0 Å². The van der Waals surface area contributed by atoms with Crippen LogP contribution in [0.4, 0.5) is 22.0 Å².